The molecule has 1 aromatic heterocycles. The highest BCUT2D eigenvalue weighted by atomic mass is 16.2. The summed E-state index contributed by atoms with van der Waals surface area (Å²) in [5.74, 6) is -0.776. The van der Waals surface area contributed by atoms with E-state index in [1.807, 2.05) is 11.7 Å². The van der Waals surface area contributed by atoms with Gasteiger partial charge in [-0.3, -0.25) is 19.6 Å². The number of anilines is 1. The Morgan fingerprint density at radius 2 is 1.85 bits per heavy atom. The van der Waals surface area contributed by atoms with Crippen LogP contribution in [0.15, 0.2) is 12.1 Å². The Labute approximate surface area is 158 Å². The number of piperazine rings is 1. The minimum Gasteiger partial charge on any atom is -0.368 e. The number of fused-ring (bicyclic) bond motifs is 3. The number of rotatable bonds is 2. The molecule has 3 fully saturated rings. The van der Waals surface area contributed by atoms with Crippen LogP contribution >= 0.6 is 0 Å². The van der Waals surface area contributed by atoms with Crippen LogP contribution in [0.4, 0.5) is 5.69 Å². The van der Waals surface area contributed by atoms with Gasteiger partial charge in [-0.25, -0.2) is 0 Å². The van der Waals surface area contributed by atoms with E-state index in [4.69, 9.17) is 0 Å². The normalized spacial score (nSPS) is 28.1. The fourth-order valence-corrected chi connectivity index (χ4v) is 4.97. The molecule has 142 valence electrons. The summed E-state index contributed by atoms with van der Waals surface area (Å²) in [5, 5.41) is 11.8. The number of nitrogens with zero attached hydrogens (tertiary/aromatic N) is 3. The van der Waals surface area contributed by atoms with Gasteiger partial charge in [-0.1, -0.05) is 0 Å². The molecule has 7 heteroatoms. The molecule has 2 amide bonds. The molecule has 1 aromatic carbocycles. The maximum absolute atomic E-state index is 12.3. The Kier molecular flexibility index (Phi) is 3.75. The molecule has 0 aliphatic carbocycles. The molecule has 3 atom stereocenters. The molecular weight excluding hydrogens is 342 g/mol. The Morgan fingerprint density at radius 3 is 2.56 bits per heavy atom. The van der Waals surface area contributed by atoms with Crippen LogP contribution < -0.4 is 15.5 Å². The SMILES string of the molecule is Cc1cc2c(C3CCC(=O)NC3=O)nn(C)c2cc1N1CC2CCC(C1)N2. The zero-order chi connectivity index (χ0) is 18.7. The quantitative estimate of drug-likeness (QED) is 0.783. The van der Waals surface area contributed by atoms with Gasteiger partial charge in [0.05, 0.1) is 17.1 Å². The maximum Gasteiger partial charge on any atom is 0.235 e. The van der Waals surface area contributed by atoms with Gasteiger partial charge < -0.3 is 10.2 Å². The number of aryl methyl sites for hydroxylation is 2. The van der Waals surface area contributed by atoms with E-state index in [0.717, 1.165) is 29.7 Å². The highest BCUT2D eigenvalue weighted by molar-refractivity contribution is 6.02. The number of amides is 2. The average Bonchev–Trinajstić information content (AvgIpc) is 3.13. The van der Waals surface area contributed by atoms with Crippen LogP contribution in [0.5, 0.6) is 0 Å². The Hall–Kier alpha value is -2.41. The molecule has 0 saturated carbocycles. The van der Waals surface area contributed by atoms with Crippen molar-refractivity contribution in [3.63, 3.8) is 0 Å². The lowest BCUT2D eigenvalue weighted by Gasteiger charge is -2.35. The summed E-state index contributed by atoms with van der Waals surface area (Å²) in [5.41, 5.74) is 4.30. The van der Waals surface area contributed by atoms with E-state index in [0.29, 0.717) is 24.9 Å². The monoisotopic (exact) mass is 367 g/mol. The van der Waals surface area contributed by atoms with Crippen molar-refractivity contribution < 1.29 is 9.59 Å². The van der Waals surface area contributed by atoms with Gasteiger partial charge in [0.2, 0.25) is 11.8 Å². The number of carbonyl (C=O) groups excluding carboxylic acids is 2. The maximum atomic E-state index is 12.3. The predicted octanol–water partition coefficient (Wildman–Crippen LogP) is 1.34. The summed E-state index contributed by atoms with van der Waals surface area (Å²) in [7, 11) is 1.93. The molecule has 0 spiro atoms. The fraction of sp³-hybridized carbons (Fsp3) is 0.550. The lowest BCUT2D eigenvalue weighted by Crippen LogP contribution is -2.51. The average molecular weight is 367 g/mol. The predicted molar refractivity (Wildman–Crippen MR) is 103 cm³/mol. The van der Waals surface area contributed by atoms with Crippen LogP contribution in [0, 0.1) is 6.92 Å². The first-order valence-corrected chi connectivity index (χ1v) is 9.81. The summed E-state index contributed by atoms with van der Waals surface area (Å²) in [6.07, 6.45) is 3.41. The van der Waals surface area contributed by atoms with Crippen LogP contribution in [0.1, 0.15) is 42.9 Å². The second kappa shape index (κ2) is 6.05. The number of carbonyl (C=O) groups is 2. The molecule has 3 saturated heterocycles. The molecule has 3 aliphatic rings. The lowest BCUT2D eigenvalue weighted by molar-refractivity contribution is -0.134. The van der Waals surface area contributed by atoms with E-state index in [1.54, 1.807) is 0 Å². The van der Waals surface area contributed by atoms with E-state index in [1.165, 1.54) is 24.1 Å². The topological polar surface area (TPSA) is 79.3 Å². The summed E-state index contributed by atoms with van der Waals surface area (Å²) in [6, 6.07) is 5.56. The first kappa shape index (κ1) is 16.7. The van der Waals surface area contributed by atoms with Crippen LogP contribution in [0.3, 0.4) is 0 Å². The van der Waals surface area contributed by atoms with Gasteiger partial charge in [-0.05, 0) is 43.9 Å². The minimum absolute atomic E-state index is 0.191. The van der Waals surface area contributed by atoms with Crippen molar-refractivity contribution in [1.29, 1.82) is 0 Å². The van der Waals surface area contributed by atoms with Gasteiger partial charge in [0.15, 0.2) is 0 Å². The number of hydrogen-bond acceptors (Lipinski definition) is 5. The van der Waals surface area contributed by atoms with Crippen LogP contribution in [0.2, 0.25) is 0 Å². The zero-order valence-electron chi connectivity index (χ0n) is 15.8. The molecule has 3 unspecified atom stereocenters. The first-order valence-electron chi connectivity index (χ1n) is 9.81. The van der Waals surface area contributed by atoms with Crippen molar-refractivity contribution in [3.8, 4) is 0 Å². The van der Waals surface area contributed by atoms with E-state index >= 15 is 0 Å². The van der Waals surface area contributed by atoms with Crippen molar-refractivity contribution in [3.05, 3.63) is 23.4 Å². The van der Waals surface area contributed by atoms with E-state index < -0.39 is 0 Å². The summed E-state index contributed by atoms with van der Waals surface area (Å²) >= 11 is 0. The zero-order valence-corrected chi connectivity index (χ0v) is 15.8. The number of imide groups is 1. The summed E-state index contributed by atoms with van der Waals surface area (Å²) < 4.78 is 1.87. The third-order valence-electron chi connectivity index (χ3n) is 6.32. The summed E-state index contributed by atoms with van der Waals surface area (Å²) in [6.45, 7) is 4.22. The number of nitrogens with one attached hydrogen (secondary N) is 2. The number of aromatic nitrogens is 2. The third kappa shape index (κ3) is 2.72. The second-order valence-electron chi connectivity index (χ2n) is 8.21. The van der Waals surface area contributed by atoms with Crippen LogP contribution in [-0.2, 0) is 16.6 Å². The van der Waals surface area contributed by atoms with E-state index in [-0.39, 0.29) is 17.7 Å². The lowest BCUT2D eigenvalue weighted by atomic mass is 9.92. The molecule has 2 bridgehead atoms. The van der Waals surface area contributed by atoms with Gasteiger partial charge in [0.25, 0.3) is 0 Å². The van der Waals surface area contributed by atoms with Gasteiger partial charge in [0.1, 0.15) is 0 Å². The molecule has 3 aliphatic heterocycles. The van der Waals surface area contributed by atoms with Crippen LogP contribution in [0.25, 0.3) is 10.9 Å². The Bertz CT molecular complexity index is 937. The highest BCUT2D eigenvalue weighted by Gasteiger charge is 2.34. The Morgan fingerprint density at radius 1 is 1.11 bits per heavy atom. The van der Waals surface area contributed by atoms with Crippen molar-refractivity contribution in [2.45, 2.75) is 50.6 Å². The second-order valence-corrected chi connectivity index (χ2v) is 8.21. The molecule has 4 heterocycles. The third-order valence-corrected chi connectivity index (χ3v) is 6.32. The number of piperidine rings is 1. The smallest absolute Gasteiger partial charge is 0.235 e. The minimum atomic E-state index is -0.355. The van der Waals surface area contributed by atoms with Crippen LogP contribution in [-0.4, -0.2) is 46.8 Å². The summed E-state index contributed by atoms with van der Waals surface area (Å²) in [4.78, 5) is 26.3. The van der Waals surface area contributed by atoms with Crippen molar-refractivity contribution in [1.82, 2.24) is 20.4 Å². The number of benzene rings is 1. The molecule has 5 rings (SSSR count). The van der Waals surface area contributed by atoms with Crippen molar-refractivity contribution in [2.75, 3.05) is 18.0 Å². The molecule has 7 nitrogen and oxygen atoms in total. The Balaban J connectivity index is 1.54. The standard InChI is InChI=1S/C20H25N5O2/c1-11-7-15-17(8-16(11)25-9-12-3-4-13(10-25)21-12)24(2)23-19(15)14-5-6-18(26)22-20(14)27/h7-8,12-14,21H,3-6,9-10H2,1-2H3,(H,22,26,27). The van der Waals surface area contributed by atoms with Gasteiger partial charge in [-0.2, -0.15) is 5.10 Å². The van der Waals surface area contributed by atoms with Gasteiger partial charge >= 0.3 is 0 Å². The van der Waals surface area contributed by atoms with E-state index in [2.05, 4.69) is 39.7 Å². The van der Waals surface area contributed by atoms with Crippen molar-refractivity contribution in [2.24, 2.45) is 7.05 Å². The van der Waals surface area contributed by atoms with E-state index in [9.17, 15) is 9.59 Å². The molecule has 2 N–H and O–H groups in total. The van der Waals surface area contributed by atoms with Gasteiger partial charge in [-0.15, -0.1) is 0 Å². The number of hydrogen-bond donors (Lipinski definition) is 2. The first-order chi connectivity index (χ1) is 13.0. The molecule has 2 aromatic rings. The van der Waals surface area contributed by atoms with Gasteiger partial charge in [0, 0.05) is 49.7 Å². The molecule has 0 radical (unpaired) electrons. The fourth-order valence-electron chi connectivity index (χ4n) is 4.97. The highest BCUT2D eigenvalue weighted by Crippen LogP contribution is 2.35. The molecule has 27 heavy (non-hydrogen) atoms. The largest absolute Gasteiger partial charge is 0.368 e. The molecular formula is C20H25N5O2. The van der Waals surface area contributed by atoms with Crippen molar-refractivity contribution >= 4 is 28.4 Å².